The average Bonchev–Trinajstić information content (AvgIpc) is 3.12. The van der Waals surface area contributed by atoms with Crippen molar-refractivity contribution in [3.05, 3.63) is 47.1 Å². The van der Waals surface area contributed by atoms with Crippen LogP contribution >= 0.6 is 0 Å². The highest BCUT2D eigenvalue weighted by atomic mass is 16.2. The molecule has 1 atom stereocenters. The number of hydrogen-bond donors (Lipinski definition) is 1. The summed E-state index contributed by atoms with van der Waals surface area (Å²) in [6, 6.07) is 0. The summed E-state index contributed by atoms with van der Waals surface area (Å²) in [6.45, 7) is 9.68. The normalized spacial score (nSPS) is 21.5. The van der Waals surface area contributed by atoms with E-state index in [2.05, 4.69) is 21.6 Å². The Balaban J connectivity index is 1.65. The first-order chi connectivity index (χ1) is 12.9. The van der Waals surface area contributed by atoms with Crippen LogP contribution in [-0.2, 0) is 18.4 Å². The maximum atomic E-state index is 13.4. The Morgan fingerprint density at radius 2 is 2.22 bits per heavy atom. The molecule has 0 radical (unpaired) electrons. The average molecular weight is 366 g/mol. The van der Waals surface area contributed by atoms with Crippen molar-refractivity contribution in [1.29, 1.82) is 0 Å². The van der Waals surface area contributed by atoms with Crippen LogP contribution in [0.3, 0.4) is 0 Å². The number of carbonyl (C=O) groups excluding carboxylic acids is 1. The molecule has 7 heteroatoms. The van der Waals surface area contributed by atoms with Crippen LogP contribution in [0.2, 0.25) is 0 Å². The molecule has 1 saturated heterocycles. The van der Waals surface area contributed by atoms with Gasteiger partial charge < -0.3 is 10.6 Å². The fraction of sp³-hybridized carbons (Fsp3) is 0.500. The van der Waals surface area contributed by atoms with Gasteiger partial charge in [0.05, 0.1) is 23.5 Å². The molecule has 2 aromatic heterocycles. The van der Waals surface area contributed by atoms with Crippen LogP contribution in [0.15, 0.2) is 18.9 Å². The molecule has 0 bridgehead atoms. The van der Waals surface area contributed by atoms with E-state index in [1.54, 1.807) is 6.08 Å². The largest absolute Gasteiger partial charge is 0.368 e. The van der Waals surface area contributed by atoms with Gasteiger partial charge in [-0.25, -0.2) is 9.97 Å². The van der Waals surface area contributed by atoms with E-state index in [0.29, 0.717) is 24.6 Å². The van der Waals surface area contributed by atoms with E-state index in [4.69, 9.17) is 5.73 Å². The van der Waals surface area contributed by atoms with E-state index in [1.165, 1.54) is 5.56 Å². The molecule has 2 aliphatic rings. The molecular formula is C20H26N6O. The quantitative estimate of drug-likeness (QED) is 0.841. The third kappa shape index (κ3) is 2.81. The van der Waals surface area contributed by atoms with Gasteiger partial charge in [0.15, 0.2) is 0 Å². The predicted octanol–water partition coefficient (Wildman–Crippen LogP) is 2.18. The highest BCUT2D eigenvalue weighted by Crippen LogP contribution is 2.44. The maximum absolute atomic E-state index is 13.4. The van der Waals surface area contributed by atoms with Crippen molar-refractivity contribution in [2.24, 2.45) is 0 Å². The van der Waals surface area contributed by atoms with Gasteiger partial charge in [-0.1, -0.05) is 6.08 Å². The number of rotatable bonds is 3. The van der Waals surface area contributed by atoms with E-state index in [0.717, 1.165) is 49.3 Å². The third-order valence-electron chi connectivity index (χ3n) is 6.02. The standard InChI is InChI=1S/C20H26N6O/c1-4-9-26-14(3)16(13(2)24-26)18(27)25-10-5-7-20(12-25)8-6-15-11-22-19(21)23-17(15)20/h4,11H,1,5-10,12H2,2-3H3,(H2,21,22,23). The zero-order chi connectivity index (χ0) is 19.2. The maximum Gasteiger partial charge on any atom is 0.257 e. The minimum Gasteiger partial charge on any atom is -0.368 e. The first-order valence-electron chi connectivity index (χ1n) is 9.51. The molecule has 1 unspecified atom stereocenters. The van der Waals surface area contributed by atoms with Crippen molar-refractivity contribution >= 4 is 11.9 Å². The Morgan fingerprint density at radius 1 is 1.41 bits per heavy atom. The smallest absolute Gasteiger partial charge is 0.257 e. The molecule has 1 spiro atoms. The van der Waals surface area contributed by atoms with Crippen LogP contribution in [0.1, 0.15) is 52.3 Å². The SMILES string of the molecule is C=CCn1nc(C)c(C(=O)N2CCCC3(CCc4cnc(N)nc43)C2)c1C. The van der Waals surface area contributed by atoms with Crippen molar-refractivity contribution in [1.82, 2.24) is 24.6 Å². The zero-order valence-corrected chi connectivity index (χ0v) is 16.0. The van der Waals surface area contributed by atoms with E-state index in [1.807, 2.05) is 29.6 Å². The van der Waals surface area contributed by atoms with E-state index < -0.39 is 0 Å². The van der Waals surface area contributed by atoms with Crippen LogP contribution in [-0.4, -0.2) is 43.6 Å². The van der Waals surface area contributed by atoms with Crippen molar-refractivity contribution < 1.29 is 4.79 Å². The molecule has 1 aliphatic heterocycles. The van der Waals surface area contributed by atoms with E-state index >= 15 is 0 Å². The van der Waals surface area contributed by atoms with Gasteiger partial charge in [0.25, 0.3) is 5.91 Å². The number of nitrogens with zero attached hydrogens (tertiary/aromatic N) is 5. The molecule has 27 heavy (non-hydrogen) atoms. The Hall–Kier alpha value is -2.70. The molecule has 1 amide bonds. The Bertz CT molecular complexity index is 913. The topological polar surface area (TPSA) is 89.9 Å². The zero-order valence-electron chi connectivity index (χ0n) is 16.0. The molecule has 1 aliphatic carbocycles. The third-order valence-corrected chi connectivity index (χ3v) is 6.02. The van der Waals surface area contributed by atoms with Gasteiger partial charge in [-0.05, 0) is 45.1 Å². The summed E-state index contributed by atoms with van der Waals surface area (Å²) in [4.78, 5) is 24.0. The van der Waals surface area contributed by atoms with Crippen molar-refractivity contribution in [2.75, 3.05) is 18.8 Å². The second-order valence-corrected chi connectivity index (χ2v) is 7.73. The molecule has 2 N–H and O–H groups in total. The summed E-state index contributed by atoms with van der Waals surface area (Å²) in [6.07, 6.45) is 7.59. The molecule has 3 heterocycles. The van der Waals surface area contributed by atoms with Gasteiger partial charge in [0.2, 0.25) is 5.95 Å². The molecule has 4 rings (SSSR count). The summed E-state index contributed by atoms with van der Waals surface area (Å²) in [5.74, 6) is 0.380. The minimum atomic E-state index is -0.0980. The number of hydrogen-bond acceptors (Lipinski definition) is 5. The molecule has 142 valence electrons. The number of anilines is 1. The lowest BCUT2D eigenvalue weighted by Gasteiger charge is -2.40. The summed E-state index contributed by atoms with van der Waals surface area (Å²) in [7, 11) is 0. The minimum absolute atomic E-state index is 0.0647. The van der Waals surface area contributed by atoms with Crippen LogP contribution < -0.4 is 5.73 Å². The van der Waals surface area contributed by atoms with E-state index in [-0.39, 0.29) is 11.3 Å². The lowest BCUT2D eigenvalue weighted by Crippen LogP contribution is -2.48. The summed E-state index contributed by atoms with van der Waals surface area (Å²) in [5, 5.41) is 4.51. The fourth-order valence-electron chi connectivity index (χ4n) is 4.72. The lowest BCUT2D eigenvalue weighted by molar-refractivity contribution is 0.0632. The second-order valence-electron chi connectivity index (χ2n) is 7.73. The Kier molecular flexibility index (Phi) is 4.25. The van der Waals surface area contributed by atoms with Gasteiger partial charge >= 0.3 is 0 Å². The number of fused-ring (bicyclic) bond motifs is 2. The Labute approximate surface area is 159 Å². The van der Waals surface area contributed by atoms with Gasteiger partial charge in [-0.2, -0.15) is 5.10 Å². The van der Waals surface area contributed by atoms with Gasteiger partial charge in [0.1, 0.15) is 0 Å². The summed E-state index contributed by atoms with van der Waals surface area (Å²) >= 11 is 0. The number of likely N-dealkylation sites (tertiary alicyclic amines) is 1. The van der Waals surface area contributed by atoms with Crippen molar-refractivity contribution in [3.8, 4) is 0 Å². The fourth-order valence-corrected chi connectivity index (χ4v) is 4.72. The number of aromatic nitrogens is 4. The van der Waals surface area contributed by atoms with Crippen LogP contribution in [0.5, 0.6) is 0 Å². The van der Waals surface area contributed by atoms with Crippen LogP contribution in [0.25, 0.3) is 0 Å². The van der Waals surface area contributed by atoms with Gasteiger partial charge in [-0.15, -0.1) is 6.58 Å². The predicted molar refractivity (Wildman–Crippen MR) is 103 cm³/mol. The Morgan fingerprint density at radius 3 is 3.00 bits per heavy atom. The number of piperidine rings is 1. The molecule has 0 saturated carbocycles. The first-order valence-corrected chi connectivity index (χ1v) is 9.51. The highest BCUT2D eigenvalue weighted by Gasteiger charge is 2.45. The molecule has 2 aromatic rings. The highest BCUT2D eigenvalue weighted by molar-refractivity contribution is 5.96. The van der Waals surface area contributed by atoms with Crippen molar-refractivity contribution in [3.63, 3.8) is 0 Å². The number of aryl methyl sites for hydroxylation is 2. The summed E-state index contributed by atoms with van der Waals surface area (Å²) < 4.78 is 1.84. The molecule has 1 fully saturated rings. The molecule has 7 nitrogen and oxygen atoms in total. The molecular weight excluding hydrogens is 340 g/mol. The number of nitrogens with two attached hydrogens (primary N) is 1. The monoisotopic (exact) mass is 366 g/mol. The summed E-state index contributed by atoms with van der Waals surface area (Å²) in [5.41, 5.74) is 10.4. The molecule has 0 aromatic carbocycles. The van der Waals surface area contributed by atoms with Crippen LogP contribution in [0, 0.1) is 13.8 Å². The van der Waals surface area contributed by atoms with Gasteiger partial charge in [0, 0.05) is 30.4 Å². The number of amides is 1. The van der Waals surface area contributed by atoms with E-state index in [9.17, 15) is 4.79 Å². The number of carbonyl (C=O) groups is 1. The lowest BCUT2D eigenvalue weighted by atomic mass is 9.77. The van der Waals surface area contributed by atoms with Crippen molar-refractivity contribution in [2.45, 2.75) is 51.5 Å². The van der Waals surface area contributed by atoms with Gasteiger partial charge in [-0.3, -0.25) is 9.48 Å². The number of nitrogen functional groups attached to an aromatic ring is 1. The first kappa shape index (κ1) is 17.7. The second kappa shape index (κ2) is 6.48. The van der Waals surface area contributed by atoms with Crippen LogP contribution in [0.4, 0.5) is 5.95 Å². The number of allylic oxidation sites excluding steroid dienone is 1.